The fraction of sp³-hybridized carbons (Fsp3) is 0.316. The lowest BCUT2D eigenvalue weighted by molar-refractivity contribution is -0.118. The van der Waals surface area contributed by atoms with Crippen molar-refractivity contribution < 1.29 is 9.53 Å². The number of anilines is 1. The summed E-state index contributed by atoms with van der Waals surface area (Å²) in [5.41, 5.74) is 3.03. The molecule has 2 aromatic rings. The molecule has 2 aromatic carbocycles. The van der Waals surface area contributed by atoms with Gasteiger partial charge < -0.3 is 10.1 Å². The molecule has 0 saturated heterocycles. The summed E-state index contributed by atoms with van der Waals surface area (Å²) in [5.74, 6) is 0.986. The quantitative estimate of drug-likeness (QED) is 0.769. The van der Waals surface area contributed by atoms with E-state index < -0.39 is 0 Å². The van der Waals surface area contributed by atoms with E-state index in [0.29, 0.717) is 5.92 Å². The second-order valence-electron chi connectivity index (χ2n) is 5.76. The maximum absolute atomic E-state index is 12.1. The normalized spacial score (nSPS) is 10.7. The molecule has 23 heavy (non-hydrogen) atoms. The molecule has 0 fully saturated rings. The summed E-state index contributed by atoms with van der Waals surface area (Å²) in [6, 6.07) is 13.9. The Morgan fingerprint density at radius 3 is 2.70 bits per heavy atom. The van der Waals surface area contributed by atoms with Gasteiger partial charge in [-0.25, -0.2) is 0 Å². The predicted octanol–water partition coefficient (Wildman–Crippen LogP) is 4.86. The standard InChI is InChI=1S/C19H23NO2S/c1-13(2)17-9-8-14(3)10-18(17)22-12-19(21)20-15-6-5-7-16(11-15)23-4/h5-11,13H,12H2,1-4H3,(H,20,21). The van der Waals surface area contributed by atoms with Crippen molar-refractivity contribution in [3.63, 3.8) is 0 Å². The van der Waals surface area contributed by atoms with Gasteiger partial charge in [-0.2, -0.15) is 0 Å². The minimum atomic E-state index is -0.153. The molecule has 3 nitrogen and oxygen atoms in total. The Bertz CT molecular complexity index is 683. The molecule has 0 aliphatic heterocycles. The number of hydrogen-bond acceptors (Lipinski definition) is 3. The molecule has 0 atom stereocenters. The van der Waals surface area contributed by atoms with Gasteiger partial charge in [0.05, 0.1) is 0 Å². The number of amides is 1. The summed E-state index contributed by atoms with van der Waals surface area (Å²) < 4.78 is 5.75. The number of ether oxygens (including phenoxy) is 1. The van der Waals surface area contributed by atoms with E-state index in [4.69, 9.17) is 4.74 Å². The van der Waals surface area contributed by atoms with Gasteiger partial charge in [0.25, 0.3) is 5.91 Å². The van der Waals surface area contributed by atoms with Crippen LogP contribution in [-0.2, 0) is 4.79 Å². The number of nitrogens with one attached hydrogen (secondary N) is 1. The Kier molecular flexibility index (Phi) is 6.11. The molecule has 0 aliphatic carbocycles. The molecular weight excluding hydrogens is 306 g/mol. The van der Waals surface area contributed by atoms with Crippen molar-refractivity contribution >= 4 is 23.4 Å². The molecule has 0 radical (unpaired) electrons. The average molecular weight is 329 g/mol. The van der Waals surface area contributed by atoms with Crippen molar-refractivity contribution in [2.24, 2.45) is 0 Å². The largest absolute Gasteiger partial charge is 0.483 e. The Labute approximate surface area is 142 Å². The zero-order valence-electron chi connectivity index (χ0n) is 14.1. The van der Waals surface area contributed by atoms with E-state index in [-0.39, 0.29) is 12.5 Å². The molecule has 122 valence electrons. The Balaban J connectivity index is 2.00. The van der Waals surface area contributed by atoms with Gasteiger partial charge in [0, 0.05) is 10.6 Å². The smallest absolute Gasteiger partial charge is 0.262 e. The molecule has 2 rings (SSSR count). The van der Waals surface area contributed by atoms with Gasteiger partial charge in [-0.05, 0) is 54.5 Å². The fourth-order valence-electron chi connectivity index (χ4n) is 2.28. The molecule has 0 aliphatic rings. The number of aryl methyl sites for hydroxylation is 1. The average Bonchev–Trinajstić information content (AvgIpc) is 2.53. The second-order valence-corrected chi connectivity index (χ2v) is 6.64. The van der Waals surface area contributed by atoms with Gasteiger partial charge in [0.1, 0.15) is 5.75 Å². The fourth-order valence-corrected chi connectivity index (χ4v) is 2.74. The third-order valence-electron chi connectivity index (χ3n) is 3.50. The first kappa shape index (κ1) is 17.4. The maximum Gasteiger partial charge on any atom is 0.262 e. The van der Waals surface area contributed by atoms with Crippen LogP contribution in [0, 0.1) is 6.92 Å². The number of hydrogen-bond donors (Lipinski definition) is 1. The van der Waals surface area contributed by atoms with Gasteiger partial charge in [-0.3, -0.25) is 4.79 Å². The summed E-state index contributed by atoms with van der Waals surface area (Å²) in [6.07, 6.45) is 2.01. The topological polar surface area (TPSA) is 38.3 Å². The highest BCUT2D eigenvalue weighted by Crippen LogP contribution is 2.27. The first-order valence-corrected chi connectivity index (χ1v) is 8.89. The third kappa shape index (κ3) is 5.03. The van der Waals surface area contributed by atoms with Gasteiger partial charge in [-0.1, -0.05) is 32.0 Å². The zero-order chi connectivity index (χ0) is 16.8. The van der Waals surface area contributed by atoms with E-state index in [9.17, 15) is 4.79 Å². The van der Waals surface area contributed by atoms with Crippen molar-refractivity contribution in [3.8, 4) is 5.75 Å². The first-order valence-electron chi connectivity index (χ1n) is 7.67. The highest BCUT2D eigenvalue weighted by atomic mass is 32.2. The molecule has 1 N–H and O–H groups in total. The van der Waals surface area contributed by atoms with Crippen LogP contribution >= 0.6 is 11.8 Å². The second kappa shape index (κ2) is 8.06. The van der Waals surface area contributed by atoms with Crippen molar-refractivity contribution in [1.82, 2.24) is 0 Å². The van der Waals surface area contributed by atoms with E-state index in [2.05, 4.69) is 31.3 Å². The lowest BCUT2D eigenvalue weighted by atomic mass is 10.0. The van der Waals surface area contributed by atoms with Gasteiger partial charge in [0.15, 0.2) is 6.61 Å². The van der Waals surface area contributed by atoms with Crippen molar-refractivity contribution in [1.29, 1.82) is 0 Å². The van der Waals surface area contributed by atoms with Crippen LogP contribution in [0.15, 0.2) is 47.4 Å². The van der Waals surface area contributed by atoms with Crippen LogP contribution in [-0.4, -0.2) is 18.8 Å². The van der Waals surface area contributed by atoms with Crippen LogP contribution in [0.2, 0.25) is 0 Å². The Morgan fingerprint density at radius 2 is 2.00 bits per heavy atom. The van der Waals surface area contributed by atoms with Crippen LogP contribution < -0.4 is 10.1 Å². The van der Waals surface area contributed by atoms with Crippen LogP contribution in [0.25, 0.3) is 0 Å². The van der Waals surface area contributed by atoms with E-state index >= 15 is 0 Å². The molecule has 0 bridgehead atoms. The summed E-state index contributed by atoms with van der Waals surface area (Å²) in [5, 5.41) is 2.87. The lowest BCUT2D eigenvalue weighted by Crippen LogP contribution is -2.20. The molecule has 0 unspecified atom stereocenters. The van der Waals surface area contributed by atoms with E-state index in [1.807, 2.05) is 43.5 Å². The van der Waals surface area contributed by atoms with Crippen LogP contribution in [0.5, 0.6) is 5.75 Å². The van der Waals surface area contributed by atoms with Crippen LogP contribution in [0.3, 0.4) is 0 Å². The van der Waals surface area contributed by atoms with Crippen molar-refractivity contribution in [2.75, 3.05) is 18.2 Å². The predicted molar refractivity (Wildman–Crippen MR) is 97.6 cm³/mol. The number of carbonyl (C=O) groups excluding carboxylic acids is 1. The van der Waals surface area contributed by atoms with Crippen LogP contribution in [0.4, 0.5) is 5.69 Å². The van der Waals surface area contributed by atoms with Crippen LogP contribution in [0.1, 0.15) is 30.9 Å². The molecule has 0 aromatic heterocycles. The van der Waals surface area contributed by atoms with E-state index in [0.717, 1.165) is 27.5 Å². The number of thioether (sulfide) groups is 1. The van der Waals surface area contributed by atoms with E-state index in [1.54, 1.807) is 11.8 Å². The van der Waals surface area contributed by atoms with Gasteiger partial charge >= 0.3 is 0 Å². The summed E-state index contributed by atoms with van der Waals surface area (Å²) >= 11 is 1.64. The number of carbonyl (C=O) groups is 1. The minimum Gasteiger partial charge on any atom is -0.483 e. The monoisotopic (exact) mass is 329 g/mol. The van der Waals surface area contributed by atoms with Crippen molar-refractivity contribution in [2.45, 2.75) is 31.6 Å². The summed E-state index contributed by atoms with van der Waals surface area (Å²) in [7, 11) is 0. The lowest BCUT2D eigenvalue weighted by Gasteiger charge is -2.15. The number of rotatable bonds is 6. The molecule has 4 heteroatoms. The maximum atomic E-state index is 12.1. The van der Waals surface area contributed by atoms with Crippen molar-refractivity contribution in [3.05, 3.63) is 53.6 Å². The highest BCUT2D eigenvalue weighted by Gasteiger charge is 2.10. The summed E-state index contributed by atoms with van der Waals surface area (Å²) in [6.45, 7) is 6.26. The Hall–Kier alpha value is -1.94. The zero-order valence-corrected chi connectivity index (χ0v) is 14.9. The molecule has 1 amide bonds. The number of benzene rings is 2. The third-order valence-corrected chi connectivity index (χ3v) is 4.23. The first-order chi connectivity index (χ1) is 11.0. The molecule has 0 heterocycles. The van der Waals surface area contributed by atoms with Gasteiger partial charge in [0.2, 0.25) is 0 Å². The Morgan fingerprint density at radius 1 is 1.22 bits per heavy atom. The van der Waals surface area contributed by atoms with E-state index in [1.165, 1.54) is 0 Å². The highest BCUT2D eigenvalue weighted by molar-refractivity contribution is 7.98. The SMILES string of the molecule is CSc1cccc(NC(=O)COc2cc(C)ccc2C(C)C)c1. The molecular formula is C19H23NO2S. The summed E-state index contributed by atoms with van der Waals surface area (Å²) in [4.78, 5) is 13.2. The molecule has 0 saturated carbocycles. The van der Waals surface area contributed by atoms with Gasteiger partial charge in [-0.15, -0.1) is 11.8 Å². The molecule has 0 spiro atoms. The minimum absolute atomic E-state index is 0.00662.